The van der Waals surface area contributed by atoms with Gasteiger partial charge in [0.2, 0.25) is 0 Å². The lowest BCUT2D eigenvalue weighted by atomic mass is 10.1. The number of aryl methyl sites for hydroxylation is 1. The fraction of sp³-hybridized carbons (Fsp3) is 0.692. The van der Waals surface area contributed by atoms with Crippen molar-refractivity contribution in [3.8, 4) is 0 Å². The summed E-state index contributed by atoms with van der Waals surface area (Å²) in [5, 5.41) is 3.60. The summed E-state index contributed by atoms with van der Waals surface area (Å²) in [4.78, 5) is 2.97. The Morgan fingerprint density at radius 3 is 2.69 bits per heavy atom. The van der Waals surface area contributed by atoms with Crippen molar-refractivity contribution in [2.75, 3.05) is 6.54 Å². The van der Waals surface area contributed by atoms with Crippen LogP contribution in [0.3, 0.4) is 0 Å². The first-order valence-electron chi connectivity index (χ1n) is 5.87. The molecule has 0 amide bonds. The summed E-state index contributed by atoms with van der Waals surface area (Å²) in [6, 6.07) is 2.31. The van der Waals surface area contributed by atoms with E-state index in [9.17, 15) is 0 Å². The molecule has 0 bridgehead atoms. The molecule has 2 rings (SSSR count). The van der Waals surface area contributed by atoms with Gasteiger partial charge in [0.15, 0.2) is 0 Å². The monoisotopic (exact) mass is 301 g/mol. The molecular weight excluding hydrogens is 282 g/mol. The first kappa shape index (κ1) is 12.6. The van der Waals surface area contributed by atoms with Crippen molar-refractivity contribution in [1.82, 2.24) is 5.32 Å². The quantitative estimate of drug-likeness (QED) is 0.877. The number of thiophene rings is 1. The summed E-state index contributed by atoms with van der Waals surface area (Å²) in [6.07, 6.45) is 1.36. The molecule has 0 spiro atoms. The van der Waals surface area contributed by atoms with Crippen LogP contribution >= 0.6 is 27.3 Å². The van der Waals surface area contributed by atoms with E-state index >= 15 is 0 Å². The molecule has 2 atom stereocenters. The molecule has 3 heteroatoms. The molecule has 0 aromatic carbocycles. The van der Waals surface area contributed by atoms with Crippen molar-refractivity contribution in [2.45, 2.75) is 45.6 Å². The van der Waals surface area contributed by atoms with Crippen LogP contribution in [0.4, 0.5) is 0 Å². The molecular formula is C13H20BrNS. The van der Waals surface area contributed by atoms with Gasteiger partial charge in [0, 0.05) is 19.8 Å². The molecule has 1 aromatic heterocycles. The second kappa shape index (κ2) is 4.43. The third kappa shape index (κ3) is 3.08. The standard InChI is InChI=1S/C13H20BrNS/c1-8-11(14)6-12(16-8)10-5-9(10)7-15-13(2,3)4/h6,9-10,15H,5,7H2,1-4H3. The maximum absolute atomic E-state index is 3.60. The predicted molar refractivity (Wildman–Crippen MR) is 75.4 cm³/mol. The minimum Gasteiger partial charge on any atom is -0.312 e. The van der Waals surface area contributed by atoms with Crippen molar-refractivity contribution >= 4 is 27.3 Å². The van der Waals surface area contributed by atoms with Crippen LogP contribution in [0.5, 0.6) is 0 Å². The van der Waals surface area contributed by atoms with Gasteiger partial charge in [-0.25, -0.2) is 0 Å². The zero-order valence-electron chi connectivity index (χ0n) is 10.4. The molecule has 1 nitrogen and oxygen atoms in total. The summed E-state index contributed by atoms with van der Waals surface area (Å²) in [6.45, 7) is 10.0. The van der Waals surface area contributed by atoms with Crippen molar-refractivity contribution in [3.63, 3.8) is 0 Å². The Bertz CT molecular complexity index is 358. The third-order valence-corrected chi connectivity index (χ3v) is 5.33. The van der Waals surface area contributed by atoms with E-state index in [1.165, 1.54) is 15.8 Å². The summed E-state index contributed by atoms with van der Waals surface area (Å²) in [7, 11) is 0. The number of hydrogen-bond donors (Lipinski definition) is 1. The summed E-state index contributed by atoms with van der Waals surface area (Å²) in [5.41, 5.74) is 0.249. The SMILES string of the molecule is Cc1sc(C2CC2CNC(C)(C)C)cc1Br. The minimum atomic E-state index is 0.249. The Morgan fingerprint density at radius 2 is 2.19 bits per heavy atom. The normalized spacial score (nSPS) is 24.8. The average Bonchev–Trinajstić information content (AvgIpc) is 2.85. The van der Waals surface area contributed by atoms with Gasteiger partial charge >= 0.3 is 0 Å². The Labute approximate surface area is 111 Å². The summed E-state index contributed by atoms with van der Waals surface area (Å²) in [5.74, 6) is 1.66. The Hall–Kier alpha value is 0.140. The van der Waals surface area contributed by atoms with Crippen LogP contribution in [0.2, 0.25) is 0 Å². The maximum atomic E-state index is 3.60. The van der Waals surface area contributed by atoms with Crippen molar-refractivity contribution < 1.29 is 0 Å². The van der Waals surface area contributed by atoms with Gasteiger partial charge in [-0.05, 0) is 74.5 Å². The molecule has 1 aromatic rings. The van der Waals surface area contributed by atoms with E-state index in [4.69, 9.17) is 0 Å². The number of rotatable bonds is 3. The second-order valence-electron chi connectivity index (χ2n) is 5.79. The van der Waals surface area contributed by atoms with Crippen LogP contribution in [-0.2, 0) is 0 Å². The molecule has 0 radical (unpaired) electrons. The molecule has 1 aliphatic carbocycles. The average molecular weight is 302 g/mol. The van der Waals surface area contributed by atoms with Gasteiger partial charge in [-0.2, -0.15) is 0 Å². The van der Waals surface area contributed by atoms with Gasteiger partial charge in [-0.15, -0.1) is 11.3 Å². The summed E-state index contributed by atoms with van der Waals surface area (Å²) >= 11 is 5.54. The molecule has 16 heavy (non-hydrogen) atoms. The van der Waals surface area contributed by atoms with Crippen molar-refractivity contribution in [2.24, 2.45) is 5.92 Å². The highest BCUT2D eigenvalue weighted by molar-refractivity contribution is 9.10. The minimum absolute atomic E-state index is 0.249. The van der Waals surface area contributed by atoms with Crippen LogP contribution in [0, 0.1) is 12.8 Å². The smallest absolute Gasteiger partial charge is 0.0314 e. The van der Waals surface area contributed by atoms with E-state index in [0.717, 1.165) is 18.4 Å². The number of halogens is 1. The van der Waals surface area contributed by atoms with Gasteiger partial charge < -0.3 is 5.32 Å². The van der Waals surface area contributed by atoms with Crippen LogP contribution in [0.15, 0.2) is 10.5 Å². The molecule has 1 aliphatic rings. The molecule has 1 N–H and O–H groups in total. The molecule has 0 saturated heterocycles. The predicted octanol–water partition coefficient (Wildman–Crippen LogP) is 4.31. The number of nitrogens with one attached hydrogen (secondary N) is 1. The Kier molecular flexibility index (Phi) is 3.49. The first-order chi connectivity index (χ1) is 7.37. The lowest BCUT2D eigenvalue weighted by Crippen LogP contribution is -2.37. The second-order valence-corrected chi connectivity index (χ2v) is 7.93. The lowest BCUT2D eigenvalue weighted by molar-refractivity contribution is 0.414. The third-order valence-electron chi connectivity index (χ3n) is 3.06. The van der Waals surface area contributed by atoms with Crippen LogP contribution in [-0.4, -0.2) is 12.1 Å². The Balaban J connectivity index is 1.87. The molecule has 1 saturated carbocycles. The largest absolute Gasteiger partial charge is 0.312 e. The van der Waals surface area contributed by atoms with Gasteiger partial charge in [0.05, 0.1) is 0 Å². The zero-order chi connectivity index (χ0) is 11.9. The number of hydrogen-bond acceptors (Lipinski definition) is 2. The lowest BCUT2D eigenvalue weighted by Gasteiger charge is -2.20. The van der Waals surface area contributed by atoms with E-state index < -0.39 is 0 Å². The van der Waals surface area contributed by atoms with Gasteiger partial charge in [0.25, 0.3) is 0 Å². The highest BCUT2D eigenvalue weighted by Gasteiger charge is 2.39. The zero-order valence-corrected chi connectivity index (χ0v) is 12.8. The van der Waals surface area contributed by atoms with E-state index in [1.54, 1.807) is 4.88 Å². The molecule has 2 unspecified atom stereocenters. The van der Waals surface area contributed by atoms with Crippen LogP contribution in [0.25, 0.3) is 0 Å². The molecule has 1 fully saturated rings. The van der Waals surface area contributed by atoms with Gasteiger partial charge in [-0.3, -0.25) is 0 Å². The summed E-state index contributed by atoms with van der Waals surface area (Å²) < 4.78 is 1.28. The Morgan fingerprint density at radius 1 is 1.50 bits per heavy atom. The van der Waals surface area contributed by atoms with E-state index in [0.29, 0.717) is 0 Å². The fourth-order valence-electron chi connectivity index (χ4n) is 1.92. The van der Waals surface area contributed by atoms with E-state index in [1.807, 2.05) is 11.3 Å². The van der Waals surface area contributed by atoms with Gasteiger partial charge in [0.1, 0.15) is 0 Å². The topological polar surface area (TPSA) is 12.0 Å². The molecule has 1 heterocycles. The van der Waals surface area contributed by atoms with Crippen LogP contribution in [0.1, 0.15) is 42.9 Å². The molecule has 90 valence electrons. The highest BCUT2D eigenvalue weighted by Crippen LogP contribution is 2.50. The van der Waals surface area contributed by atoms with Crippen molar-refractivity contribution in [1.29, 1.82) is 0 Å². The fourth-order valence-corrected chi connectivity index (χ4v) is 3.69. The van der Waals surface area contributed by atoms with Crippen molar-refractivity contribution in [3.05, 3.63) is 20.3 Å². The van der Waals surface area contributed by atoms with E-state index in [2.05, 4.69) is 55.0 Å². The van der Waals surface area contributed by atoms with Gasteiger partial charge in [-0.1, -0.05) is 0 Å². The highest BCUT2D eigenvalue weighted by atomic mass is 79.9. The maximum Gasteiger partial charge on any atom is 0.0314 e. The van der Waals surface area contributed by atoms with Crippen LogP contribution < -0.4 is 5.32 Å². The first-order valence-corrected chi connectivity index (χ1v) is 7.48. The van der Waals surface area contributed by atoms with E-state index in [-0.39, 0.29) is 5.54 Å². The molecule has 0 aliphatic heterocycles.